The maximum Gasteiger partial charge on any atom is 0.221 e. The molecule has 1 rings (SSSR count). The minimum Gasteiger partial charge on any atom is -0.353 e. The molecule has 88 valence electrons. The van der Waals surface area contributed by atoms with Gasteiger partial charge in [-0.25, -0.2) is 0 Å². The number of amides is 1. The van der Waals surface area contributed by atoms with Gasteiger partial charge in [0.25, 0.3) is 0 Å². The summed E-state index contributed by atoms with van der Waals surface area (Å²) in [6.45, 7) is 2.68. The molecule has 0 aromatic rings. The second-order valence-corrected chi connectivity index (χ2v) is 4.55. The number of unbranched alkanes of at least 4 members (excludes halogenated alkanes) is 1. The molecule has 0 aliphatic heterocycles. The van der Waals surface area contributed by atoms with Crippen LogP contribution in [-0.4, -0.2) is 18.5 Å². The molecule has 0 radical (unpaired) electrons. The number of carbonyl (C=O) groups is 1. The summed E-state index contributed by atoms with van der Waals surface area (Å²) < 4.78 is 0. The number of carbonyl (C=O) groups excluding carboxylic acids is 1. The van der Waals surface area contributed by atoms with Crippen molar-refractivity contribution in [3.8, 4) is 0 Å². The summed E-state index contributed by atoms with van der Waals surface area (Å²) in [5, 5.41) is 3.12. The van der Waals surface area contributed by atoms with E-state index in [4.69, 9.17) is 5.73 Å². The first-order valence-corrected chi connectivity index (χ1v) is 6.27. The third-order valence-corrected chi connectivity index (χ3v) is 3.31. The van der Waals surface area contributed by atoms with E-state index < -0.39 is 0 Å². The molecule has 3 heteroatoms. The summed E-state index contributed by atoms with van der Waals surface area (Å²) in [4.78, 5) is 11.4. The highest BCUT2D eigenvalue weighted by Crippen LogP contribution is 2.29. The molecular formula is C12H24N2O. The first-order chi connectivity index (χ1) is 7.27. The standard InChI is InChI=1S/C12H24N2O/c1-2-3-5-10-6-4-7-11(10)14-12(15)8-9-13/h10-11H,2-9,13H2,1H3,(H,14,15). The van der Waals surface area contributed by atoms with Gasteiger partial charge in [0.2, 0.25) is 5.91 Å². The predicted molar refractivity (Wildman–Crippen MR) is 62.5 cm³/mol. The van der Waals surface area contributed by atoms with Crippen molar-refractivity contribution in [2.75, 3.05) is 6.54 Å². The average Bonchev–Trinajstić information content (AvgIpc) is 2.63. The minimum absolute atomic E-state index is 0.130. The molecule has 0 bridgehead atoms. The van der Waals surface area contributed by atoms with Crippen molar-refractivity contribution < 1.29 is 4.79 Å². The molecule has 0 heterocycles. The van der Waals surface area contributed by atoms with Gasteiger partial charge >= 0.3 is 0 Å². The lowest BCUT2D eigenvalue weighted by atomic mass is 9.97. The summed E-state index contributed by atoms with van der Waals surface area (Å²) in [5.74, 6) is 0.845. The van der Waals surface area contributed by atoms with Gasteiger partial charge in [-0.2, -0.15) is 0 Å². The Morgan fingerprint density at radius 3 is 2.93 bits per heavy atom. The predicted octanol–water partition coefficient (Wildman–Crippen LogP) is 1.81. The fraction of sp³-hybridized carbons (Fsp3) is 0.917. The van der Waals surface area contributed by atoms with Crippen LogP contribution >= 0.6 is 0 Å². The number of rotatable bonds is 6. The normalized spacial score (nSPS) is 25.5. The van der Waals surface area contributed by atoms with E-state index in [1.54, 1.807) is 0 Å². The van der Waals surface area contributed by atoms with Crippen molar-refractivity contribution in [3.63, 3.8) is 0 Å². The molecule has 3 nitrogen and oxygen atoms in total. The van der Waals surface area contributed by atoms with Crippen molar-refractivity contribution >= 4 is 5.91 Å². The van der Waals surface area contributed by atoms with Crippen LogP contribution in [0.1, 0.15) is 51.9 Å². The lowest BCUT2D eigenvalue weighted by Crippen LogP contribution is -2.38. The molecule has 1 saturated carbocycles. The first-order valence-electron chi connectivity index (χ1n) is 6.27. The molecule has 3 N–H and O–H groups in total. The number of nitrogens with two attached hydrogens (primary N) is 1. The van der Waals surface area contributed by atoms with Gasteiger partial charge in [0.1, 0.15) is 0 Å². The molecule has 15 heavy (non-hydrogen) atoms. The van der Waals surface area contributed by atoms with E-state index in [1.807, 2.05) is 0 Å². The summed E-state index contributed by atoms with van der Waals surface area (Å²) >= 11 is 0. The fourth-order valence-corrected chi connectivity index (χ4v) is 2.45. The van der Waals surface area contributed by atoms with Crippen LogP contribution in [0.15, 0.2) is 0 Å². The SMILES string of the molecule is CCCCC1CCCC1NC(=O)CCN. The lowest BCUT2D eigenvalue weighted by Gasteiger charge is -2.20. The van der Waals surface area contributed by atoms with E-state index in [-0.39, 0.29) is 5.91 Å². The van der Waals surface area contributed by atoms with Crippen LogP contribution in [-0.2, 0) is 4.79 Å². The summed E-state index contributed by atoms with van der Waals surface area (Å²) in [5.41, 5.74) is 5.36. The largest absolute Gasteiger partial charge is 0.353 e. The Hall–Kier alpha value is -0.570. The fourth-order valence-electron chi connectivity index (χ4n) is 2.45. The van der Waals surface area contributed by atoms with Crippen molar-refractivity contribution in [1.29, 1.82) is 0 Å². The van der Waals surface area contributed by atoms with E-state index in [9.17, 15) is 4.79 Å². The highest BCUT2D eigenvalue weighted by Gasteiger charge is 2.27. The second-order valence-electron chi connectivity index (χ2n) is 4.55. The van der Waals surface area contributed by atoms with Crippen LogP contribution in [0, 0.1) is 5.92 Å². The lowest BCUT2D eigenvalue weighted by molar-refractivity contribution is -0.121. The number of nitrogens with one attached hydrogen (secondary N) is 1. The smallest absolute Gasteiger partial charge is 0.221 e. The molecule has 2 atom stereocenters. The topological polar surface area (TPSA) is 55.1 Å². The van der Waals surface area contributed by atoms with Crippen LogP contribution in [0.2, 0.25) is 0 Å². The zero-order chi connectivity index (χ0) is 11.1. The summed E-state index contributed by atoms with van der Waals surface area (Å²) in [6, 6.07) is 0.426. The molecule has 2 unspecified atom stereocenters. The van der Waals surface area contributed by atoms with E-state index in [2.05, 4.69) is 12.2 Å². The molecule has 0 spiro atoms. The summed E-state index contributed by atoms with van der Waals surface area (Å²) in [7, 11) is 0. The van der Waals surface area contributed by atoms with Gasteiger partial charge in [0, 0.05) is 19.0 Å². The highest BCUT2D eigenvalue weighted by molar-refractivity contribution is 5.76. The van der Waals surface area contributed by atoms with E-state index >= 15 is 0 Å². The zero-order valence-electron chi connectivity index (χ0n) is 9.80. The van der Waals surface area contributed by atoms with Crippen LogP contribution in [0.4, 0.5) is 0 Å². The molecule has 0 saturated heterocycles. The van der Waals surface area contributed by atoms with E-state index in [0.29, 0.717) is 24.9 Å². The molecule has 1 aliphatic carbocycles. The third-order valence-electron chi connectivity index (χ3n) is 3.31. The Kier molecular flexibility index (Phi) is 5.69. The van der Waals surface area contributed by atoms with Crippen molar-refractivity contribution in [1.82, 2.24) is 5.32 Å². The maximum atomic E-state index is 11.4. The molecule has 1 amide bonds. The molecule has 1 aliphatic rings. The maximum absolute atomic E-state index is 11.4. The molecule has 1 fully saturated rings. The van der Waals surface area contributed by atoms with Crippen molar-refractivity contribution in [2.24, 2.45) is 11.7 Å². The van der Waals surface area contributed by atoms with Crippen molar-refractivity contribution in [3.05, 3.63) is 0 Å². The molecular weight excluding hydrogens is 188 g/mol. The van der Waals surface area contributed by atoms with Gasteiger partial charge in [0.15, 0.2) is 0 Å². The second kappa shape index (κ2) is 6.83. The van der Waals surface area contributed by atoms with Crippen LogP contribution < -0.4 is 11.1 Å². The first kappa shape index (κ1) is 12.5. The Morgan fingerprint density at radius 1 is 1.47 bits per heavy atom. The zero-order valence-corrected chi connectivity index (χ0v) is 9.80. The number of hydrogen-bond acceptors (Lipinski definition) is 2. The van der Waals surface area contributed by atoms with Crippen LogP contribution in [0.25, 0.3) is 0 Å². The minimum atomic E-state index is 0.130. The average molecular weight is 212 g/mol. The Labute approximate surface area is 92.8 Å². The van der Waals surface area contributed by atoms with Gasteiger partial charge in [-0.05, 0) is 25.2 Å². The van der Waals surface area contributed by atoms with Gasteiger partial charge in [-0.15, -0.1) is 0 Å². The van der Waals surface area contributed by atoms with E-state index in [1.165, 1.54) is 32.1 Å². The Bertz CT molecular complexity index is 194. The van der Waals surface area contributed by atoms with Gasteiger partial charge in [0.05, 0.1) is 0 Å². The number of hydrogen-bond donors (Lipinski definition) is 2. The van der Waals surface area contributed by atoms with Crippen molar-refractivity contribution in [2.45, 2.75) is 57.9 Å². The Balaban J connectivity index is 2.29. The monoisotopic (exact) mass is 212 g/mol. The van der Waals surface area contributed by atoms with Gasteiger partial charge in [-0.3, -0.25) is 4.79 Å². The molecule has 0 aromatic heterocycles. The summed E-state index contributed by atoms with van der Waals surface area (Å²) in [6.07, 6.45) is 7.98. The van der Waals surface area contributed by atoms with Gasteiger partial charge in [-0.1, -0.05) is 26.2 Å². The van der Waals surface area contributed by atoms with Crippen LogP contribution in [0.5, 0.6) is 0 Å². The quantitative estimate of drug-likeness (QED) is 0.705. The van der Waals surface area contributed by atoms with Gasteiger partial charge < -0.3 is 11.1 Å². The third kappa shape index (κ3) is 4.20. The molecule has 0 aromatic carbocycles. The van der Waals surface area contributed by atoms with E-state index in [0.717, 1.165) is 6.42 Å². The van der Waals surface area contributed by atoms with Crippen LogP contribution in [0.3, 0.4) is 0 Å². The Morgan fingerprint density at radius 2 is 2.27 bits per heavy atom. The highest BCUT2D eigenvalue weighted by atomic mass is 16.1.